The van der Waals surface area contributed by atoms with Crippen molar-refractivity contribution < 1.29 is 14.0 Å². The van der Waals surface area contributed by atoms with Gasteiger partial charge in [0, 0.05) is 26.6 Å². The SMILES string of the molecule is CC(=O)N(CCN)C(=O)NCCc1ccccc1F. The molecule has 104 valence electrons. The molecule has 0 saturated heterocycles. The number of carbonyl (C=O) groups is 2. The van der Waals surface area contributed by atoms with Crippen molar-refractivity contribution >= 4 is 11.9 Å². The summed E-state index contributed by atoms with van der Waals surface area (Å²) in [5.41, 5.74) is 5.85. The molecule has 0 fully saturated rings. The first kappa shape index (κ1) is 15.1. The first-order valence-corrected chi connectivity index (χ1v) is 6.05. The number of hydrogen-bond acceptors (Lipinski definition) is 3. The van der Waals surface area contributed by atoms with Crippen LogP contribution < -0.4 is 11.1 Å². The fourth-order valence-corrected chi connectivity index (χ4v) is 1.63. The van der Waals surface area contributed by atoms with Crippen molar-refractivity contribution in [3.8, 4) is 0 Å². The molecule has 0 unspecified atom stereocenters. The van der Waals surface area contributed by atoms with E-state index in [1.165, 1.54) is 13.0 Å². The molecule has 1 aromatic carbocycles. The number of urea groups is 1. The van der Waals surface area contributed by atoms with E-state index in [1.807, 2.05) is 0 Å². The summed E-state index contributed by atoms with van der Waals surface area (Å²) in [4.78, 5) is 23.9. The second-order valence-corrected chi connectivity index (χ2v) is 4.03. The van der Waals surface area contributed by atoms with Gasteiger partial charge >= 0.3 is 6.03 Å². The van der Waals surface area contributed by atoms with Crippen LogP contribution in [0.2, 0.25) is 0 Å². The fraction of sp³-hybridized carbons (Fsp3) is 0.385. The Morgan fingerprint density at radius 3 is 2.63 bits per heavy atom. The zero-order valence-corrected chi connectivity index (χ0v) is 10.9. The molecule has 0 saturated carbocycles. The van der Waals surface area contributed by atoms with Gasteiger partial charge in [-0.05, 0) is 18.1 Å². The van der Waals surface area contributed by atoms with Gasteiger partial charge in [-0.3, -0.25) is 9.69 Å². The predicted molar refractivity (Wildman–Crippen MR) is 69.9 cm³/mol. The summed E-state index contributed by atoms with van der Waals surface area (Å²) >= 11 is 0. The van der Waals surface area contributed by atoms with Crippen LogP contribution in [0.15, 0.2) is 24.3 Å². The summed E-state index contributed by atoms with van der Waals surface area (Å²) in [6.45, 7) is 1.93. The van der Waals surface area contributed by atoms with E-state index in [1.54, 1.807) is 18.2 Å². The average molecular weight is 267 g/mol. The number of benzene rings is 1. The zero-order chi connectivity index (χ0) is 14.3. The van der Waals surface area contributed by atoms with Crippen molar-refractivity contribution in [2.75, 3.05) is 19.6 Å². The summed E-state index contributed by atoms with van der Waals surface area (Å²) in [5, 5.41) is 2.57. The van der Waals surface area contributed by atoms with Gasteiger partial charge in [-0.1, -0.05) is 18.2 Å². The van der Waals surface area contributed by atoms with Crippen LogP contribution in [0.4, 0.5) is 9.18 Å². The fourth-order valence-electron chi connectivity index (χ4n) is 1.63. The largest absolute Gasteiger partial charge is 0.337 e. The van der Waals surface area contributed by atoms with Crippen LogP contribution in [-0.2, 0) is 11.2 Å². The minimum absolute atomic E-state index is 0.168. The molecule has 0 aliphatic carbocycles. The maximum Gasteiger partial charge on any atom is 0.324 e. The third-order valence-corrected chi connectivity index (χ3v) is 2.61. The Hall–Kier alpha value is -1.95. The summed E-state index contributed by atoms with van der Waals surface area (Å²) in [5.74, 6) is -0.670. The summed E-state index contributed by atoms with van der Waals surface area (Å²) < 4.78 is 13.3. The third-order valence-electron chi connectivity index (χ3n) is 2.61. The lowest BCUT2D eigenvalue weighted by Gasteiger charge is -2.18. The van der Waals surface area contributed by atoms with Gasteiger partial charge < -0.3 is 11.1 Å². The topological polar surface area (TPSA) is 75.4 Å². The maximum absolute atomic E-state index is 13.3. The minimum atomic E-state index is -0.505. The van der Waals surface area contributed by atoms with Gasteiger partial charge in [-0.2, -0.15) is 0 Å². The van der Waals surface area contributed by atoms with Crippen molar-refractivity contribution in [1.29, 1.82) is 0 Å². The van der Waals surface area contributed by atoms with Crippen molar-refractivity contribution in [3.05, 3.63) is 35.6 Å². The van der Waals surface area contributed by atoms with Crippen LogP contribution in [0, 0.1) is 5.82 Å². The molecule has 19 heavy (non-hydrogen) atoms. The van der Waals surface area contributed by atoms with E-state index in [4.69, 9.17) is 5.73 Å². The quantitative estimate of drug-likeness (QED) is 0.831. The molecule has 0 aromatic heterocycles. The maximum atomic E-state index is 13.3. The van der Waals surface area contributed by atoms with Crippen LogP contribution in [0.25, 0.3) is 0 Å². The molecule has 0 atom stereocenters. The Bertz CT molecular complexity index is 451. The molecule has 0 bridgehead atoms. The highest BCUT2D eigenvalue weighted by atomic mass is 19.1. The first-order chi connectivity index (χ1) is 9.06. The lowest BCUT2D eigenvalue weighted by Crippen LogP contribution is -2.45. The molecular formula is C13H18FN3O2. The average Bonchev–Trinajstić information content (AvgIpc) is 2.37. The van der Waals surface area contributed by atoms with E-state index in [0.717, 1.165) is 4.90 Å². The van der Waals surface area contributed by atoms with Crippen molar-refractivity contribution in [3.63, 3.8) is 0 Å². The number of carbonyl (C=O) groups excluding carboxylic acids is 2. The van der Waals surface area contributed by atoms with E-state index in [2.05, 4.69) is 5.32 Å². The first-order valence-electron chi connectivity index (χ1n) is 6.05. The smallest absolute Gasteiger partial charge is 0.324 e. The molecule has 0 spiro atoms. The molecule has 0 aliphatic rings. The summed E-state index contributed by atoms with van der Waals surface area (Å²) in [7, 11) is 0. The Balaban J connectivity index is 2.46. The molecule has 6 heteroatoms. The number of hydrogen-bond donors (Lipinski definition) is 2. The Labute approximate surface area is 111 Å². The van der Waals surface area contributed by atoms with Gasteiger partial charge in [0.2, 0.25) is 5.91 Å². The molecule has 0 heterocycles. The lowest BCUT2D eigenvalue weighted by molar-refractivity contribution is -0.125. The number of amides is 3. The Kier molecular flexibility index (Phi) is 5.95. The molecule has 5 nitrogen and oxygen atoms in total. The molecule has 3 amide bonds. The lowest BCUT2D eigenvalue weighted by atomic mass is 10.1. The van der Waals surface area contributed by atoms with Crippen molar-refractivity contribution in [1.82, 2.24) is 10.2 Å². The van der Waals surface area contributed by atoms with Crippen LogP contribution in [0.3, 0.4) is 0 Å². The van der Waals surface area contributed by atoms with Gasteiger partial charge in [0.05, 0.1) is 0 Å². The molecular weight excluding hydrogens is 249 g/mol. The number of nitrogens with one attached hydrogen (secondary N) is 1. The number of nitrogens with zero attached hydrogens (tertiary/aromatic N) is 1. The van der Waals surface area contributed by atoms with Crippen LogP contribution in [0.5, 0.6) is 0 Å². The normalized spacial score (nSPS) is 10.1. The highest BCUT2D eigenvalue weighted by Crippen LogP contribution is 2.06. The minimum Gasteiger partial charge on any atom is -0.337 e. The molecule has 1 rings (SSSR count). The molecule has 0 aliphatic heterocycles. The molecule has 0 radical (unpaired) electrons. The number of halogens is 1. The highest BCUT2D eigenvalue weighted by Gasteiger charge is 2.16. The van der Waals surface area contributed by atoms with Crippen molar-refractivity contribution in [2.45, 2.75) is 13.3 Å². The number of rotatable bonds is 5. The van der Waals surface area contributed by atoms with E-state index in [9.17, 15) is 14.0 Å². The highest BCUT2D eigenvalue weighted by molar-refractivity contribution is 5.93. The van der Waals surface area contributed by atoms with Crippen LogP contribution in [0.1, 0.15) is 12.5 Å². The summed E-state index contributed by atoms with van der Waals surface area (Å²) in [6.07, 6.45) is 0.368. The van der Waals surface area contributed by atoms with E-state index >= 15 is 0 Å². The van der Waals surface area contributed by atoms with Crippen molar-refractivity contribution in [2.24, 2.45) is 5.73 Å². The van der Waals surface area contributed by atoms with Crippen LogP contribution >= 0.6 is 0 Å². The predicted octanol–water partition coefficient (Wildman–Crippen LogP) is 0.885. The second kappa shape index (κ2) is 7.48. The van der Waals surface area contributed by atoms with E-state index in [-0.39, 0.29) is 31.4 Å². The van der Waals surface area contributed by atoms with Gasteiger partial charge in [0.15, 0.2) is 0 Å². The third kappa shape index (κ3) is 4.67. The van der Waals surface area contributed by atoms with Gasteiger partial charge in [0.25, 0.3) is 0 Å². The zero-order valence-electron chi connectivity index (χ0n) is 10.9. The second-order valence-electron chi connectivity index (χ2n) is 4.03. The summed E-state index contributed by atoms with van der Waals surface area (Å²) in [6, 6.07) is 5.86. The van der Waals surface area contributed by atoms with Gasteiger partial charge in [-0.15, -0.1) is 0 Å². The monoisotopic (exact) mass is 267 g/mol. The number of imide groups is 1. The molecule has 3 N–H and O–H groups in total. The van der Waals surface area contributed by atoms with Gasteiger partial charge in [-0.25, -0.2) is 9.18 Å². The van der Waals surface area contributed by atoms with Gasteiger partial charge in [0.1, 0.15) is 5.82 Å². The molecule has 1 aromatic rings. The number of nitrogens with two attached hydrogens (primary N) is 1. The van der Waals surface area contributed by atoms with Crippen LogP contribution in [-0.4, -0.2) is 36.5 Å². The Morgan fingerprint density at radius 2 is 2.05 bits per heavy atom. The standard InChI is InChI=1S/C13H18FN3O2/c1-10(18)17(9-7-15)13(19)16-8-6-11-4-2-3-5-12(11)14/h2-5H,6-9,15H2,1H3,(H,16,19). The van der Waals surface area contributed by atoms with E-state index < -0.39 is 6.03 Å². The Morgan fingerprint density at radius 1 is 1.37 bits per heavy atom. The van der Waals surface area contributed by atoms with E-state index in [0.29, 0.717) is 12.0 Å².